The predicted octanol–water partition coefficient (Wildman–Crippen LogP) is -0.578. The summed E-state index contributed by atoms with van der Waals surface area (Å²) in [6, 6.07) is 0. The Morgan fingerprint density at radius 3 is 2.27 bits per heavy atom. The first-order valence-electron chi connectivity index (χ1n) is 5.09. The molecule has 0 aliphatic carbocycles. The van der Waals surface area contributed by atoms with Crippen LogP contribution in [0.3, 0.4) is 0 Å². The second-order valence-corrected chi connectivity index (χ2v) is 3.95. The van der Waals surface area contributed by atoms with Crippen LogP contribution < -0.4 is 11.1 Å². The minimum absolute atomic E-state index is 0.0731. The van der Waals surface area contributed by atoms with Crippen molar-refractivity contribution in [3.05, 3.63) is 0 Å². The highest BCUT2D eigenvalue weighted by atomic mass is 16.2. The lowest BCUT2D eigenvalue weighted by Gasteiger charge is -2.24. The number of carbonyl (C=O) groups excluding carboxylic acids is 2. The van der Waals surface area contributed by atoms with Crippen molar-refractivity contribution in [1.29, 1.82) is 0 Å². The highest BCUT2D eigenvalue weighted by molar-refractivity contribution is 5.85. The van der Waals surface area contributed by atoms with E-state index in [0.717, 1.165) is 0 Å². The van der Waals surface area contributed by atoms with Crippen LogP contribution in [0.5, 0.6) is 0 Å². The van der Waals surface area contributed by atoms with Gasteiger partial charge in [0.05, 0.1) is 12.5 Å². The summed E-state index contributed by atoms with van der Waals surface area (Å²) in [5.74, 6) is -0.268. The largest absolute Gasteiger partial charge is 0.358 e. The Bertz CT molecular complexity index is 229. The molecule has 0 heterocycles. The van der Waals surface area contributed by atoms with Gasteiger partial charge in [-0.3, -0.25) is 9.59 Å². The summed E-state index contributed by atoms with van der Waals surface area (Å²) in [7, 11) is 3.16. The lowest BCUT2D eigenvalue weighted by molar-refractivity contribution is -0.138. The summed E-state index contributed by atoms with van der Waals surface area (Å²) in [5, 5.41) is 2.47. The Balaban J connectivity index is 4.35. The van der Waals surface area contributed by atoms with Gasteiger partial charge in [-0.05, 0) is 5.92 Å². The van der Waals surface area contributed by atoms with E-state index in [1.54, 1.807) is 14.1 Å². The molecule has 0 saturated heterocycles. The zero-order chi connectivity index (χ0) is 12.0. The normalized spacial score (nSPS) is 12.4. The van der Waals surface area contributed by atoms with Crippen LogP contribution in [0.25, 0.3) is 0 Å². The average molecular weight is 215 g/mol. The summed E-state index contributed by atoms with van der Waals surface area (Å²) >= 11 is 0. The molecular formula is C10H21N3O2. The van der Waals surface area contributed by atoms with Crippen molar-refractivity contribution in [2.45, 2.75) is 13.8 Å². The molecule has 1 atom stereocenters. The maximum absolute atomic E-state index is 11.8. The number of carbonyl (C=O) groups is 2. The third-order valence-electron chi connectivity index (χ3n) is 2.41. The van der Waals surface area contributed by atoms with E-state index < -0.39 is 0 Å². The molecule has 0 aromatic carbocycles. The fourth-order valence-corrected chi connectivity index (χ4v) is 1.31. The molecule has 0 spiro atoms. The third kappa shape index (κ3) is 4.29. The molecule has 0 aromatic rings. The highest BCUT2D eigenvalue weighted by Gasteiger charge is 2.24. The molecule has 2 amide bonds. The van der Waals surface area contributed by atoms with E-state index in [-0.39, 0.29) is 30.2 Å². The molecule has 0 radical (unpaired) electrons. The molecule has 0 rings (SSSR count). The van der Waals surface area contributed by atoms with E-state index in [0.29, 0.717) is 6.54 Å². The first kappa shape index (κ1) is 13.9. The number of hydrogen-bond donors (Lipinski definition) is 2. The molecule has 0 aromatic heterocycles. The first-order chi connectivity index (χ1) is 6.93. The number of rotatable bonds is 5. The molecule has 0 aliphatic heterocycles. The molecule has 88 valence electrons. The van der Waals surface area contributed by atoms with Crippen LogP contribution in [0.15, 0.2) is 0 Å². The van der Waals surface area contributed by atoms with Gasteiger partial charge in [0, 0.05) is 20.6 Å². The molecular weight excluding hydrogens is 194 g/mol. The van der Waals surface area contributed by atoms with E-state index in [1.807, 2.05) is 13.8 Å². The number of nitrogens with one attached hydrogen (secondary N) is 1. The molecule has 1 unspecified atom stereocenters. The van der Waals surface area contributed by atoms with Crippen LogP contribution in [0.1, 0.15) is 13.8 Å². The Kier molecular flexibility index (Phi) is 5.93. The fraction of sp³-hybridized carbons (Fsp3) is 0.800. The second kappa shape index (κ2) is 6.40. The predicted molar refractivity (Wildman–Crippen MR) is 59.1 cm³/mol. The van der Waals surface area contributed by atoms with E-state index in [1.165, 1.54) is 4.90 Å². The Morgan fingerprint density at radius 2 is 1.93 bits per heavy atom. The van der Waals surface area contributed by atoms with Crippen molar-refractivity contribution in [2.24, 2.45) is 17.6 Å². The van der Waals surface area contributed by atoms with Gasteiger partial charge in [0.2, 0.25) is 11.8 Å². The number of nitrogens with two attached hydrogens (primary N) is 1. The summed E-state index contributed by atoms with van der Waals surface area (Å²) in [6.45, 7) is 4.29. The summed E-state index contributed by atoms with van der Waals surface area (Å²) in [6.07, 6.45) is 0. The molecule has 5 nitrogen and oxygen atoms in total. The molecule has 5 heteroatoms. The Labute approximate surface area is 91.0 Å². The molecule has 0 bridgehead atoms. The zero-order valence-corrected chi connectivity index (χ0v) is 9.91. The standard InChI is InChI=1S/C10H21N3O2/c1-7(2)8(5-11)10(15)13(4)6-9(14)12-3/h7-8H,5-6,11H2,1-4H3,(H,12,14). The summed E-state index contributed by atoms with van der Waals surface area (Å²) in [5.41, 5.74) is 5.53. The monoisotopic (exact) mass is 215 g/mol. The second-order valence-electron chi connectivity index (χ2n) is 3.95. The first-order valence-corrected chi connectivity index (χ1v) is 5.09. The zero-order valence-electron chi connectivity index (χ0n) is 9.91. The van der Waals surface area contributed by atoms with Crippen LogP contribution in [-0.2, 0) is 9.59 Å². The third-order valence-corrected chi connectivity index (χ3v) is 2.41. The van der Waals surface area contributed by atoms with Crippen molar-refractivity contribution in [2.75, 3.05) is 27.2 Å². The number of hydrogen-bond acceptors (Lipinski definition) is 3. The van der Waals surface area contributed by atoms with Crippen molar-refractivity contribution in [3.63, 3.8) is 0 Å². The summed E-state index contributed by atoms with van der Waals surface area (Å²) < 4.78 is 0. The van der Waals surface area contributed by atoms with Gasteiger partial charge in [-0.2, -0.15) is 0 Å². The Morgan fingerprint density at radius 1 is 1.40 bits per heavy atom. The quantitative estimate of drug-likeness (QED) is 0.644. The van der Waals surface area contributed by atoms with Gasteiger partial charge in [0.1, 0.15) is 0 Å². The van der Waals surface area contributed by atoms with Crippen molar-refractivity contribution >= 4 is 11.8 Å². The maximum atomic E-state index is 11.8. The number of amides is 2. The van der Waals surface area contributed by atoms with Crippen molar-refractivity contribution < 1.29 is 9.59 Å². The molecule has 0 saturated carbocycles. The Hall–Kier alpha value is -1.10. The molecule has 0 aliphatic rings. The number of nitrogens with zero attached hydrogens (tertiary/aromatic N) is 1. The van der Waals surface area contributed by atoms with Crippen LogP contribution in [0.2, 0.25) is 0 Å². The minimum Gasteiger partial charge on any atom is -0.358 e. The number of likely N-dealkylation sites (N-methyl/N-ethyl adjacent to an activating group) is 2. The van der Waals surface area contributed by atoms with E-state index in [4.69, 9.17) is 5.73 Å². The van der Waals surface area contributed by atoms with Gasteiger partial charge in [-0.15, -0.1) is 0 Å². The highest BCUT2D eigenvalue weighted by Crippen LogP contribution is 2.11. The van der Waals surface area contributed by atoms with Gasteiger partial charge in [0.25, 0.3) is 0 Å². The SMILES string of the molecule is CNC(=O)CN(C)C(=O)C(CN)C(C)C. The molecule has 15 heavy (non-hydrogen) atoms. The van der Waals surface area contributed by atoms with Gasteiger partial charge in [-0.25, -0.2) is 0 Å². The van der Waals surface area contributed by atoms with Gasteiger partial charge in [-0.1, -0.05) is 13.8 Å². The van der Waals surface area contributed by atoms with E-state index in [2.05, 4.69) is 5.32 Å². The fourth-order valence-electron chi connectivity index (χ4n) is 1.31. The van der Waals surface area contributed by atoms with Crippen LogP contribution in [-0.4, -0.2) is 43.9 Å². The lowest BCUT2D eigenvalue weighted by atomic mass is 9.94. The van der Waals surface area contributed by atoms with Crippen LogP contribution in [0, 0.1) is 11.8 Å². The van der Waals surface area contributed by atoms with Crippen LogP contribution >= 0.6 is 0 Å². The van der Waals surface area contributed by atoms with Gasteiger partial charge < -0.3 is 16.0 Å². The van der Waals surface area contributed by atoms with Crippen molar-refractivity contribution in [3.8, 4) is 0 Å². The van der Waals surface area contributed by atoms with E-state index in [9.17, 15) is 9.59 Å². The summed E-state index contributed by atoms with van der Waals surface area (Å²) in [4.78, 5) is 24.3. The lowest BCUT2D eigenvalue weighted by Crippen LogP contribution is -2.43. The average Bonchev–Trinajstić information content (AvgIpc) is 2.17. The smallest absolute Gasteiger partial charge is 0.239 e. The maximum Gasteiger partial charge on any atom is 0.239 e. The van der Waals surface area contributed by atoms with Crippen molar-refractivity contribution in [1.82, 2.24) is 10.2 Å². The minimum atomic E-state index is -0.209. The van der Waals surface area contributed by atoms with E-state index >= 15 is 0 Å². The van der Waals surface area contributed by atoms with Crippen LogP contribution in [0.4, 0.5) is 0 Å². The van der Waals surface area contributed by atoms with Gasteiger partial charge >= 0.3 is 0 Å². The van der Waals surface area contributed by atoms with Gasteiger partial charge in [0.15, 0.2) is 0 Å². The molecule has 0 fully saturated rings. The topological polar surface area (TPSA) is 75.4 Å². The molecule has 3 N–H and O–H groups in total.